The van der Waals surface area contributed by atoms with Crippen molar-refractivity contribution in [2.24, 2.45) is 5.92 Å². The summed E-state index contributed by atoms with van der Waals surface area (Å²) in [6.07, 6.45) is 0.484. The minimum atomic E-state index is -0.874. The van der Waals surface area contributed by atoms with Crippen molar-refractivity contribution >= 4 is 17.5 Å². The number of amides is 2. The maximum atomic E-state index is 15.0. The van der Waals surface area contributed by atoms with Gasteiger partial charge in [-0.1, -0.05) is 25.1 Å². The van der Waals surface area contributed by atoms with Gasteiger partial charge in [-0.05, 0) is 59.7 Å². The van der Waals surface area contributed by atoms with E-state index in [1.807, 2.05) is 38.1 Å². The lowest BCUT2D eigenvalue weighted by Gasteiger charge is -2.26. The first kappa shape index (κ1) is 24.8. The summed E-state index contributed by atoms with van der Waals surface area (Å²) in [7, 11) is 1.76. The van der Waals surface area contributed by atoms with Crippen molar-refractivity contribution in [2.45, 2.75) is 51.3 Å². The molecule has 2 aliphatic rings. The molecule has 4 atom stereocenters. The van der Waals surface area contributed by atoms with Gasteiger partial charge in [-0.25, -0.2) is 4.39 Å². The number of hydrogen-bond acceptors (Lipinski definition) is 5. The summed E-state index contributed by atoms with van der Waals surface area (Å²) in [5, 5.41) is 15.5. The van der Waals surface area contributed by atoms with E-state index in [0.717, 1.165) is 16.8 Å². The SMILES string of the molecule is CC1COC(C(=O)NC(C#N)Cc2ccc(-c3ccc4c(c3)CCC(=O)N4C)cc2F)CNC1C. The number of halogens is 1. The summed E-state index contributed by atoms with van der Waals surface area (Å²) in [6, 6.07) is 12.1. The average Bonchev–Trinajstić information content (AvgIpc) is 3.02. The largest absolute Gasteiger partial charge is 0.367 e. The monoisotopic (exact) mass is 478 g/mol. The van der Waals surface area contributed by atoms with Crippen LogP contribution in [0.25, 0.3) is 11.1 Å². The van der Waals surface area contributed by atoms with Crippen molar-refractivity contribution < 1.29 is 18.7 Å². The maximum absolute atomic E-state index is 15.0. The first-order chi connectivity index (χ1) is 16.8. The van der Waals surface area contributed by atoms with Crippen LogP contribution in [0, 0.1) is 23.1 Å². The highest BCUT2D eigenvalue weighted by molar-refractivity contribution is 5.96. The van der Waals surface area contributed by atoms with Gasteiger partial charge in [-0.2, -0.15) is 5.26 Å². The molecule has 2 aromatic carbocycles. The molecule has 0 aromatic heterocycles. The number of nitrogens with one attached hydrogen (secondary N) is 2. The van der Waals surface area contributed by atoms with Crippen molar-refractivity contribution in [3.05, 3.63) is 53.3 Å². The number of nitriles is 1. The van der Waals surface area contributed by atoms with Crippen molar-refractivity contribution in [1.29, 1.82) is 5.26 Å². The molecule has 2 amide bonds. The van der Waals surface area contributed by atoms with Gasteiger partial charge in [0.1, 0.15) is 18.0 Å². The summed E-state index contributed by atoms with van der Waals surface area (Å²) >= 11 is 0. The quantitative estimate of drug-likeness (QED) is 0.689. The van der Waals surface area contributed by atoms with E-state index in [1.54, 1.807) is 18.0 Å². The second-order valence-corrected chi connectivity index (χ2v) is 9.49. The Morgan fingerprint density at radius 3 is 2.74 bits per heavy atom. The normalized spacial score (nSPS) is 23.1. The smallest absolute Gasteiger partial charge is 0.251 e. The molecule has 4 unspecified atom stereocenters. The van der Waals surface area contributed by atoms with Crippen LogP contribution in [0.5, 0.6) is 0 Å². The van der Waals surface area contributed by atoms with E-state index in [9.17, 15) is 14.9 Å². The minimum absolute atomic E-state index is 0.0540. The Morgan fingerprint density at radius 1 is 1.26 bits per heavy atom. The van der Waals surface area contributed by atoms with E-state index < -0.39 is 18.0 Å². The van der Waals surface area contributed by atoms with Gasteiger partial charge >= 0.3 is 0 Å². The zero-order valence-corrected chi connectivity index (χ0v) is 20.3. The lowest BCUT2D eigenvalue weighted by Crippen LogP contribution is -2.46. The number of carbonyl (C=O) groups is 2. The number of anilines is 1. The fourth-order valence-corrected chi connectivity index (χ4v) is 4.48. The summed E-state index contributed by atoms with van der Waals surface area (Å²) in [5.41, 5.74) is 3.87. The van der Waals surface area contributed by atoms with Crippen molar-refractivity contribution in [3.63, 3.8) is 0 Å². The van der Waals surface area contributed by atoms with Gasteiger partial charge in [0.25, 0.3) is 5.91 Å². The van der Waals surface area contributed by atoms with Crippen molar-refractivity contribution in [2.75, 3.05) is 25.1 Å². The second-order valence-electron chi connectivity index (χ2n) is 9.49. The van der Waals surface area contributed by atoms with Gasteiger partial charge in [0.15, 0.2) is 0 Å². The molecule has 0 radical (unpaired) electrons. The molecule has 184 valence electrons. The highest BCUT2D eigenvalue weighted by Gasteiger charge is 2.28. The van der Waals surface area contributed by atoms with Crippen LogP contribution < -0.4 is 15.5 Å². The Labute approximate surface area is 205 Å². The third-order valence-electron chi connectivity index (χ3n) is 7.04. The number of ether oxygens (including phenoxy) is 1. The van der Waals surface area contributed by atoms with Crippen LogP contribution in [-0.2, 0) is 27.2 Å². The van der Waals surface area contributed by atoms with E-state index in [1.165, 1.54) is 6.07 Å². The predicted molar refractivity (Wildman–Crippen MR) is 131 cm³/mol. The van der Waals surface area contributed by atoms with Crippen LogP contribution in [0.1, 0.15) is 31.4 Å². The lowest BCUT2D eigenvalue weighted by molar-refractivity contribution is -0.132. The van der Waals surface area contributed by atoms with Crippen LogP contribution >= 0.6 is 0 Å². The molecule has 0 spiro atoms. The molecule has 35 heavy (non-hydrogen) atoms. The molecular formula is C27H31FN4O3. The van der Waals surface area contributed by atoms with Gasteiger partial charge < -0.3 is 20.3 Å². The zero-order valence-electron chi connectivity index (χ0n) is 20.3. The Bertz CT molecular complexity index is 1150. The number of benzene rings is 2. The molecule has 1 fully saturated rings. The Hall–Kier alpha value is -3.28. The number of hydrogen-bond donors (Lipinski definition) is 2. The van der Waals surface area contributed by atoms with Gasteiger partial charge in [-0.3, -0.25) is 9.59 Å². The fourth-order valence-electron chi connectivity index (χ4n) is 4.48. The van der Waals surface area contributed by atoms with Crippen LogP contribution in [-0.4, -0.2) is 50.2 Å². The third-order valence-corrected chi connectivity index (χ3v) is 7.04. The molecule has 7 nitrogen and oxygen atoms in total. The standard InChI is InChI=1S/C27H31FN4O3/c1-16-15-35-25(14-30-17(16)2)27(34)31-22(13-29)11-20-5-4-19(12-23(20)28)18-6-8-24-21(10-18)7-9-26(33)32(24)3/h4-6,8,10,12,16-17,22,25,30H,7,9,11,14-15H2,1-3H3,(H,31,34). The van der Waals surface area contributed by atoms with Gasteiger partial charge in [-0.15, -0.1) is 0 Å². The first-order valence-corrected chi connectivity index (χ1v) is 12.0. The molecule has 2 aromatic rings. The van der Waals surface area contributed by atoms with Gasteiger partial charge in [0, 0.05) is 38.2 Å². The average molecular weight is 479 g/mol. The number of aryl methyl sites for hydroxylation is 1. The molecule has 2 N–H and O–H groups in total. The van der Waals surface area contributed by atoms with Crippen LogP contribution in [0.15, 0.2) is 36.4 Å². The molecule has 2 aliphatic heterocycles. The highest BCUT2D eigenvalue weighted by Crippen LogP contribution is 2.32. The van der Waals surface area contributed by atoms with Gasteiger partial charge in [0.05, 0.1) is 12.7 Å². The molecule has 2 heterocycles. The Kier molecular flexibility index (Phi) is 7.48. The summed E-state index contributed by atoms with van der Waals surface area (Å²) in [5.74, 6) is -0.451. The molecular weight excluding hydrogens is 447 g/mol. The predicted octanol–water partition coefficient (Wildman–Crippen LogP) is 2.97. The van der Waals surface area contributed by atoms with E-state index in [-0.39, 0.29) is 30.2 Å². The molecule has 8 heteroatoms. The number of nitrogens with zero attached hydrogens (tertiary/aromatic N) is 2. The number of fused-ring (bicyclic) bond motifs is 1. The van der Waals surface area contributed by atoms with Crippen LogP contribution in [0.4, 0.5) is 10.1 Å². The maximum Gasteiger partial charge on any atom is 0.251 e. The van der Waals surface area contributed by atoms with E-state index in [0.29, 0.717) is 37.1 Å². The molecule has 0 bridgehead atoms. The summed E-state index contributed by atoms with van der Waals surface area (Å²) in [4.78, 5) is 26.2. The van der Waals surface area contributed by atoms with E-state index in [4.69, 9.17) is 4.74 Å². The van der Waals surface area contributed by atoms with Crippen molar-refractivity contribution in [3.8, 4) is 17.2 Å². The minimum Gasteiger partial charge on any atom is -0.367 e. The lowest BCUT2D eigenvalue weighted by atomic mass is 9.95. The van der Waals surface area contributed by atoms with E-state index in [2.05, 4.69) is 16.7 Å². The second kappa shape index (κ2) is 10.5. The molecule has 0 saturated carbocycles. The molecule has 4 rings (SSSR count). The Balaban J connectivity index is 1.43. The Morgan fingerprint density at radius 2 is 2.00 bits per heavy atom. The zero-order chi connectivity index (χ0) is 25.1. The summed E-state index contributed by atoms with van der Waals surface area (Å²) < 4.78 is 20.7. The first-order valence-electron chi connectivity index (χ1n) is 12.0. The number of rotatable bonds is 5. The summed E-state index contributed by atoms with van der Waals surface area (Å²) in [6.45, 7) is 4.91. The van der Waals surface area contributed by atoms with Crippen LogP contribution in [0.3, 0.4) is 0 Å². The number of carbonyl (C=O) groups excluding carboxylic acids is 2. The highest BCUT2D eigenvalue weighted by atomic mass is 19.1. The third kappa shape index (κ3) is 5.53. The molecule has 1 saturated heterocycles. The topological polar surface area (TPSA) is 94.5 Å². The van der Waals surface area contributed by atoms with E-state index >= 15 is 4.39 Å². The fraction of sp³-hybridized carbons (Fsp3) is 0.444. The van der Waals surface area contributed by atoms with Crippen molar-refractivity contribution in [1.82, 2.24) is 10.6 Å². The molecule has 0 aliphatic carbocycles. The van der Waals surface area contributed by atoms with Gasteiger partial charge in [0.2, 0.25) is 5.91 Å². The van der Waals surface area contributed by atoms with Crippen LogP contribution in [0.2, 0.25) is 0 Å².